The fourth-order valence-corrected chi connectivity index (χ4v) is 3.54. The molecule has 0 saturated carbocycles. The van der Waals surface area contributed by atoms with Crippen LogP contribution in [0.5, 0.6) is 0 Å². The summed E-state index contributed by atoms with van der Waals surface area (Å²) in [4.78, 5) is 22.1. The smallest absolute Gasteiger partial charge is 0.291 e. The molecule has 0 aliphatic heterocycles. The summed E-state index contributed by atoms with van der Waals surface area (Å²) < 4.78 is 5.12. The van der Waals surface area contributed by atoms with Crippen LogP contribution in [-0.2, 0) is 19.4 Å². The molecule has 0 unspecified atom stereocenters. The topological polar surface area (TPSA) is 91.5 Å². The quantitative estimate of drug-likeness (QED) is 0.390. The van der Waals surface area contributed by atoms with E-state index in [-0.39, 0.29) is 11.7 Å². The van der Waals surface area contributed by atoms with E-state index in [1.165, 1.54) is 11.1 Å². The molecule has 0 saturated heterocycles. The van der Waals surface area contributed by atoms with Crippen molar-refractivity contribution in [2.75, 3.05) is 18.9 Å². The Morgan fingerprint density at radius 1 is 1.24 bits per heavy atom. The predicted molar refractivity (Wildman–Crippen MR) is 117 cm³/mol. The van der Waals surface area contributed by atoms with Crippen molar-refractivity contribution in [1.82, 2.24) is 15.6 Å². The lowest BCUT2D eigenvalue weighted by atomic mass is 10.2. The van der Waals surface area contributed by atoms with Crippen molar-refractivity contribution in [2.45, 2.75) is 26.3 Å². The highest BCUT2D eigenvalue weighted by molar-refractivity contribution is 7.11. The molecule has 0 radical (unpaired) electrons. The summed E-state index contributed by atoms with van der Waals surface area (Å²) in [5.74, 6) is 0.734. The van der Waals surface area contributed by atoms with Crippen molar-refractivity contribution < 1.29 is 9.21 Å². The molecule has 7 nitrogen and oxygen atoms in total. The summed E-state index contributed by atoms with van der Waals surface area (Å²) in [5.41, 5.74) is 1.74. The van der Waals surface area contributed by atoms with Gasteiger partial charge in [0.2, 0.25) is 0 Å². The largest absolute Gasteiger partial charge is 0.459 e. The zero-order chi connectivity index (χ0) is 20.5. The Hall–Kier alpha value is -3.13. The molecule has 0 bridgehead atoms. The van der Waals surface area contributed by atoms with E-state index >= 15 is 0 Å². The van der Waals surface area contributed by atoms with Gasteiger partial charge in [0, 0.05) is 43.3 Å². The molecule has 29 heavy (non-hydrogen) atoms. The molecule has 2 aromatic heterocycles. The van der Waals surface area contributed by atoms with E-state index in [0.29, 0.717) is 12.2 Å². The van der Waals surface area contributed by atoms with Crippen molar-refractivity contribution in [3.63, 3.8) is 0 Å². The van der Waals surface area contributed by atoms with Gasteiger partial charge in [0.25, 0.3) is 5.91 Å². The van der Waals surface area contributed by atoms with Crippen LogP contribution < -0.4 is 16.0 Å². The molecule has 2 heterocycles. The van der Waals surface area contributed by atoms with Gasteiger partial charge in [0.05, 0.1) is 11.3 Å². The van der Waals surface area contributed by atoms with Crippen LogP contribution in [0.4, 0.5) is 5.69 Å². The van der Waals surface area contributed by atoms with Crippen LogP contribution in [0.2, 0.25) is 0 Å². The second-order valence-electron chi connectivity index (χ2n) is 6.31. The number of rotatable bonds is 8. The van der Waals surface area contributed by atoms with Gasteiger partial charge < -0.3 is 20.4 Å². The number of aryl methyl sites for hydroxylation is 1. The number of thiazole rings is 1. The SMILES string of the molecule is CCc1cnc(CCNC(=NC)NCc2cccc(NC(=O)c3ccco3)c2)s1. The van der Waals surface area contributed by atoms with Crippen LogP contribution in [0.3, 0.4) is 0 Å². The average Bonchev–Trinajstić information content (AvgIpc) is 3.43. The Morgan fingerprint density at radius 2 is 2.14 bits per heavy atom. The maximum absolute atomic E-state index is 12.1. The molecule has 0 fully saturated rings. The van der Waals surface area contributed by atoms with Crippen LogP contribution in [0, 0.1) is 0 Å². The molecule has 3 rings (SSSR count). The number of carbonyl (C=O) groups is 1. The van der Waals surface area contributed by atoms with E-state index < -0.39 is 0 Å². The van der Waals surface area contributed by atoms with Gasteiger partial charge in [0.15, 0.2) is 11.7 Å². The molecular formula is C21H25N5O2S. The number of nitrogens with zero attached hydrogens (tertiary/aromatic N) is 2. The van der Waals surface area contributed by atoms with Crippen LogP contribution in [0.15, 0.2) is 58.3 Å². The maximum atomic E-state index is 12.1. The van der Waals surface area contributed by atoms with Gasteiger partial charge in [-0.2, -0.15) is 0 Å². The third-order valence-electron chi connectivity index (χ3n) is 4.19. The molecule has 0 atom stereocenters. The van der Waals surface area contributed by atoms with Crippen molar-refractivity contribution in [1.29, 1.82) is 0 Å². The Kier molecular flexibility index (Phi) is 7.40. The molecule has 3 N–H and O–H groups in total. The van der Waals surface area contributed by atoms with E-state index in [1.807, 2.05) is 30.5 Å². The van der Waals surface area contributed by atoms with E-state index in [0.717, 1.165) is 35.9 Å². The zero-order valence-corrected chi connectivity index (χ0v) is 17.4. The van der Waals surface area contributed by atoms with E-state index in [2.05, 4.69) is 32.9 Å². The molecule has 0 spiro atoms. The van der Waals surface area contributed by atoms with Crippen LogP contribution in [0.25, 0.3) is 0 Å². The zero-order valence-electron chi connectivity index (χ0n) is 16.6. The minimum Gasteiger partial charge on any atom is -0.459 e. The lowest BCUT2D eigenvalue weighted by Gasteiger charge is -2.12. The van der Waals surface area contributed by atoms with Crippen molar-refractivity contribution in [2.24, 2.45) is 4.99 Å². The standard InChI is InChI=1S/C21H25N5O2S/c1-3-17-14-24-19(29-17)9-10-23-21(22-2)25-13-15-6-4-7-16(12-15)26-20(27)18-8-5-11-28-18/h4-8,11-12,14H,3,9-10,13H2,1-2H3,(H,26,27)(H2,22,23,25). The number of aromatic nitrogens is 1. The second kappa shape index (κ2) is 10.4. The summed E-state index contributed by atoms with van der Waals surface area (Å²) in [6.45, 7) is 3.48. The fourth-order valence-electron chi connectivity index (χ4n) is 2.68. The van der Waals surface area contributed by atoms with Gasteiger partial charge in [-0.3, -0.25) is 9.79 Å². The van der Waals surface area contributed by atoms with E-state index in [1.54, 1.807) is 30.5 Å². The number of amides is 1. The number of benzene rings is 1. The van der Waals surface area contributed by atoms with E-state index in [9.17, 15) is 4.79 Å². The van der Waals surface area contributed by atoms with Gasteiger partial charge in [-0.15, -0.1) is 11.3 Å². The second-order valence-corrected chi connectivity index (χ2v) is 7.51. The average molecular weight is 412 g/mol. The molecule has 1 amide bonds. The molecule has 8 heteroatoms. The van der Waals surface area contributed by atoms with E-state index in [4.69, 9.17) is 4.42 Å². The van der Waals surface area contributed by atoms with Crippen molar-refractivity contribution in [3.8, 4) is 0 Å². The minimum absolute atomic E-state index is 0.272. The van der Waals surface area contributed by atoms with Gasteiger partial charge in [-0.05, 0) is 36.2 Å². The van der Waals surface area contributed by atoms with Crippen LogP contribution in [-0.4, -0.2) is 30.4 Å². The van der Waals surface area contributed by atoms with Crippen molar-refractivity contribution >= 4 is 28.9 Å². The number of carbonyl (C=O) groups excluding carboxylic acids is 1. The van der Waals surface area contributed by atoms with Gasteiger partial charge in [0.1, 0.15) is 0 Å². The summed E-state index contributed by atoms with van der Waals surface area (Å²) >= 11 is 1.76. The first kappa shape index (κ1) is 20.6. The van der Waals surface area contributed by atoms with Crippen LogP contribution >= 0.6 is 11.3 Å². The number of nitrogens with one attached hydrogen (secondary N) is 3. The first-order valence-electron chi connectivity index (χ1n) is 9.50. The van der Waals surface area contributed by atoms with Gasteiger partial charge in [-0.25, -0.2) is 4.98 Å². The monoisotopic (exact) mass is 411 g/mol. The molecule has 152 valence electrons. The number of guanidine groups is 1. The summed E-state index contributed by atoms with van der Waals surface area (Å²) in [5, 5.41) is 10.6. The van der Waals surface area contributed by atoms with Crippen molar-refractivity contribution in [3.05, 3.63) is 70.1 Å². The number of hydrogen-bond donors (Lipinski definition) is 3. The molecule has 0 aliphatic carbocycles. The Bertz CT molecular complexity index is 950. The Morgan fingerprint density at radius 3 is 2.86 bits per heavy atom. The minimum atomic E-state index is -0.272. The highest BCUT2D eigenvalue weighted by Gasteiger charge is 2.09. The predicted octanol–water partition coefficient (Wildman–Crippen LogP) is 3.46. The molecule has 1 aromatic carbocycles. The molecule has 0 aliphatic rings. The highest BCUT2D eigenvalue weighted by atomic mass is 32.1. The molecule has 3 aromatic rings. The summed E-state index contributed by atoms with van der Waals surface area (Å²) in [6, 6.07) is 11.0. The molecular weight excluding hydrogens is 386 g/mol. The maximum Gasteiger partial charge on any atom is 0.291 e. The Balaban J connectivity index is 1.47. The summed E-state index contributed by atoms with van der Waals surface area (Å²) in [7, 11) is 1.74. The van der Waals surface area contributed by atoms with Gasteiger partial charge >= 0.3 is 0 Å². The third kappa shape index (κ3) is 6.18. The lowest BCUT2D eigenvalue weighted by molar-refractivity contribution is 0.0996. The van der Waals surface area contributed by atoms with Gasteiger partial charge in [-0.1, -0.05) is 19.1 Å². The first-order valence-corrected chi connectivity index (χ1v) is 10.3. The lowest BCUT2D eigenvalue weighted by Crippen LogP contribution is -2.37. The number of aliphatic imine (C=N–C) groups is 1. The number of anilines is 1. The normalized spacial score (nSPS) is 11.3. The Labute approximate surface area is 174 Å². The highest BCUT2D eigenvalue weighted by Crippen LogP contribution is 2.14. The first-order chi connectivity index (χ1) is 14.2. The fraction of sp³-hybridized carbons (Fsp3) is 0.286. The number of furan rings is 1. The summed E-state index contributed by atoms with van der Waals surface area (Å²) in [6.07, 6.45) is 5.31. The number of hydrogen-bond acceptors (Lipinski definition) is 5. The van der Waals surface area contributed by atoms with Crippen LogP contribution in [0.1, 0.15) is 32.9 Å². The third-order valence-corrected chi connectivity index (χ3v) is 5.40.